The molecule has 19 heavy (non-hydrogen) atoms. The first-order valence-corrected chi connectivity index (χ1v) is 6.80. The Morgan fingerprint density at radius 1 is 0.895 bits per heavy atom. The highest BCUT2D eigenvalue weighted by atomic mass is 35.5. The van der Waals surface area contributed by atoms with E-state index in [1.807, 2.05) is 12.1 Å². The van der Waals surface area contributed by atoms with Gasteiger partial charge >= 0.3 is 0 Å². The monoisotopic (exact) mass is 293 g/mol. The van der Waals surface area contributed by atoms with Crippen LogP contribution in [0.25, 0.3) is 11.1 Å². The first kappa shape index (κ1) is 14.4. The molecular weight excluding hydrogens is 277 g/mol. The van der Waals surface area contributed by atoms with E-state index in [-0.39, 0.29) is 12.4 Å². The van der Waals surface area contributed by atoms with E-state index in [9.17, 15) is 0 Å². The van der Waals surface area contributed by atoms with Gasteiger partial charge in [0.15, 0.2) is 0 Å². The third-order valence-electron chi connectivity index (χ3n) is 3.55. The molecule has 0 bridgehead atoms. The summed E-state index contributed by atoms with van der Waals surface area (Å²) in [5, 5.41) is 4.31. The van der Waals surface area contributed by atoms with Crippen LogP contribution >= 0.6 is 24.0 Å². The van der Waals surface area contributed by atoms with Gasteiger partial charge in [-0.05, 0) is 48.2 Å². The molecule has 0 aromatic heterocycles. The fraction of sp³-hybridized carbons (Fsp3) is 0.250. The molecule has 3 heteroatoms. The van der Waals surface area contributed by atoms with E-state index < -0.39 is 0 Å². The lowest BCUT2D eigenvalue weighted by Crippen LogP contribution is -2.12. The molecule has 0 amide bonds. The molecule has 1 saturated heterocycles. The summed E-state index contributed by atoms with van der Waals surface area (Å²) in [7, 11) is 0. The van der Waals surface area contributed by atoms with Crippen LogP contribution in [-0.2, 0) is 0 Å². The fourth-order valence-corrected chi connectivity index (χ4v) is 2.65. The van der Waals surface area contributed by atoms with Crippen molar-refractivity contribution in [2.24, 2.45) is 0 Å². The molecule has 0 spiro atoms. The molecular formula is C16H17Cl2N. The molecule has 1 aliphatic rings. The largest absolute Gasteiger partial charge is 0.310 e. The lowest BCUT2D eigenvalue weighted by Gasteiger charge is -2.11. The van der Waals surface area contributed by atoms with Crippen LogP contribution in [0.2, 0.25) is 5.02 Å². The minimum atomic E-state index is 0. The maximum atomic E-state index is 5.90. The van der Waals surface area contributed by atoms with E-state index in [1.165, 1.54) is 29.5 Å². The quantitative estimate of drug-likeness (QED) is 0.834. The number of benzene rings is 2. The fourth-order valence-electron chi connectivity index (χ4n) is 2.52. The molecule has 1 aliphatic heterocycles. The van der Waals surface area contributed by atoms with E-state index >= 15 is 0 Å². The summed E-state index contributed by atoms with van der Waals surface area (Å²) in [6.07, 6.45) is 2.53. The van der Waals surface area contributed by atoms with Gasteiger partial charge in [0.25, 0.3) is 0 Å². The van der Waals surface area contributed by atoms with Crippen LogP contribution in [0.15, 0.2) is 48.5 Å². The first-order chi connectivity index (χ1) is 8.83. The van der Waals surface area contributed by atoms with Crippen LogP contribution in [0.4, 0.5) is 0 Å². The van der Waals surface area contributed by atoms with Crippen molar-refractivity contribution < 1.29 is 0 Å². The van der Waals surface area contributed by atoms with Gasteiger partial charge in [-0.3, -0.25) is 0 Å². The van der Waals surface area contributed by atoms with Crippen molar-refractivity contribution in [3.05, 3.63) is 59.1 Å². The van der Waals surface area contributed by atoms with Gasteiger partial charge in [-0.2, -0.15) is 0 Å². The second-order valence-electron chi connectivity index (χ2n) is 4.78. The molecule has 0 aliphatic carbocycles. The van der Waals surface area contributed by atoms with Crippen molar-refractivity contribution in [2.75, 3.05) is 6.54 Å². The molecule has 2 aromatic carbocycles. The number of hydrogen-bond donors (Lipinski definition) is 1. The van der Waals surface area contributed by atoms with Crippen LogP contribution < -0.4 is 5.32 Å². The van der Waals surface area contributed by atoms with Crippen LogP contribution in [0, 0.1) is 0 Å². The maximum absolute atomic E-state index is 5.90. The van der Waals surface area contributed by atoms with Crippen molar-refractivity contribution in [1.29, 1.82) is 0 Å². The summed E-state index contributed by atoms with van der Waals surface area (Å²) in [5.74, 6) is 0. The number of halogens is 2. The molecule has 100 valence electrons. The molecule has 1 unspecified atom stereocenters. The SMILES string of the molecule is Cl.Clc1ccc(-c2ccc(C3CCCN3)cc2)cc1. The van der Waals surface area contributed by atoms with Gasteiger partial charge in [-0.15, -0.1) is 12.4 Å². The van der Waals surface area contributed by atoms with E-state index in [4.69, 9.17) is 11.6 Å². The highest BCUT2D eigenvalue weighted by molar-refractivity contribution is 6.30. The number of rotatable bonds is 2. The molecule has 1 N–H and O–H groups in total. The molecule has 1 heterocycles. The molecule has 0 saturated carbocycles. The maximum Gasteiger partial charge on any atom is 0.0406 e. The van der Waals surface area contributed by atoms with Gasteiger partial charge in [0.05, 0.1) is 0 Å². The second kappa shape index (κ2) is 6.42. The van der Waals surface area contributed by atoms with Crippen LogP contribution in [-0.4, -0.2) is 6.54 Å². The van der Waals surface area contributed by atoms with Gasteiger partial charge in [-0.25, -0.2) is 0 Å². The van der Waals surface area contributed by atoms with Crippen molar-refractivity contribution in [2.45, 2.75) is 18.9 Å². The standard InChI is InChI=1S/C16H16ClN.ClH/c17-15-9-7-13(8-10-15)12-3-5-14(6-4-12)16-2-1-11-18-16;/h3-10,16,18H,1-2,11H2;1H. The van der Waals surface area contributed by atoms with Crippen molar-refractivity contribution in [3.8, 4) is 11.1 Å². The lowest BCUT2D eigenvalue weighted by atomic mass is 10.00. The van der Waals surface area contributed by atoms with Gasteiger partial charge in [-0.1, -0.05) is 48.0 Å². The Hall–Kier alpha value is -1.02. The highest BCUT2D eigenvalue weighted by Crippen LogP contribution is 2.26. The summed E-state index contributed by atoms with van der Waals surface area (Å²) in [6, 6.07) is 17.4. The minimum Gasteiger partial charge on any atom is -0.310 e. The smallest absolute Gasteiger partial charge is 0.0406 e. The zero-order valence-corrected chi connectivity index (χ0v) is 12.2. The summed E-state index contributed by atoms with van der Waals surface area (Å²) < 4.78 is 0. The zero-order valence-electron chi connectivity index (χ0n) is 10.6. The summed E-state index contributed by atoms with van der Waals surface area (Å²) in [4.78, 5) is 0. The molecule has 3 rings (SSSR count). The second-order valence-corrected chi connectivity index (χ2v) is 5.21. The molecule has 1 nitrogen and oxygen atoms in total. The summed E-state index contributed by atoms with van der Waals surface area (Å²) >= 11 is 5.90. The third-order valence-corrected chi connectivity index (χ3v) is 3.80. The van der Waals surface area contributed by atoms with Gasteiger partial charge in [0, 0.05) is 11.1 Å². The van der Waals surface area contributed by atoms with E-state index in [1.54, 1.807) is 0 Å². The lowest BCUT2D eigenvalue weighted by molar-refractivity contribution is 0.648. The Kier molecular flexibility index (Phi) is 4.87. The van der Waals surface area contributed by atoms with Gasteiger partial charge in [0.1, 0.15) is 0 Å². The summed E-state index contributed by atoms with van der Waals surface area (Å²) in [5.41, 5.74) is 3.85. The van der Waals surface area contributed by atoms with Crippen molar-refractivity contribution in [1.82, 2.24) is 5.32 Å². The number of nitrogens with one attached hydrogen (secondary N) is 1. The Balaban J connectivity index is 0.00000133. The van der Waals surface area contributed by atoms with E-state index in [0.717, 1.165) is 11.6 Å². The van der Waals surface area contributed by atoms with Crippen LogP contribution in [0.1, 0.15) is 24.4 Å². The zero-order chi connectivity index (χ0) is 12.4. The van der Waals surface area contributed by atoms with Crippen molar-refractivity contribution >= 4 is 24.0 Å². The minimum absolute atomic E-state index is 0. The molecule has 1 fully saturated rings. The Morgan fingerprint density at radius 2 is 1.47 bits per heavy atom. The van der Waals surface area contributed by atoms with Gasteiger partial charge in [0.2, 0.25) is 0 Å². The Labute approximate surface area is 125 Å². The normalized spacial score (nSPS) is 18.1. The average Bonchev–Trinajstić information content (AvgIpc) is 2.94. The Morgan fingerprint density at radius 3 is 2.00 bits per heavy atom. The topological polar surface area (TPSA) is 12.0 Å². The van der Waals surface area contributed by atoms with Crippen LogP contribution in [0.3, 0.4) is 0 Å². The summed E-state index contributed by atoms with van der Waals surface area (Å²) in [6.45, 7) is 1.14. The van der Waals surface area contributed by atoms with Gasteiger partial charge < -0.3 is 5.32 Å². The van der Waals surface area contributed by atoms with Crippen molar-refractivity contribution in [3.63, 3.8) is 0 Å². The van der Waals surface area contributed by atoms with E-state index in [0.29, 0.717) is 6.04 Å². The third kappa shape index (κ3) is 3.30. The predicted octanol–water partition coefficient (Wildman–Crippen LogP) is 4.85. The van der Waals surface area contributed by atoms with Crippen LogP contribution in [0.5, 0.6) is 0 Å². The highest BCUT2D eigenvalue weighted by Gasteiger charge is 2.15. The molecule has 0 radical (unpaired) electrons. The Bertz CT molecular complexity index is 513. The van der Waals surface area contributed by atoms with E-state index in [2.05, 4.69) is 41.7 Å². The number of hydrogen-bond acceptors (Lipinski definition) is 1. The predicted molar refractivity (Wildman–Crippen MR) is 84.1 cm³/mol. The molecule has 1 atom stereocenters. The average molecular weight is 294 g/mol. The first-order valence-electron chi connectivity index (χ1n) is 6.42. The molecule has 2 aromatic rings.